The molecule has 1 amide bonds. The number of aryl methyl sites for hydroxylation is 1. The van der Waals surface area contributed by atoms with Crippen LogP contribution in [0.5, 0.6) is 5.75 Å². The van der Waals surface area contributed by atoms with Crippen molar-refractivity contribution in [3.8, 4) is 5.75 Å². The molecule has 2 aromatic rings. The standard InChI is InChI=1S/C19H21NO4S/c1-13-6-8-17(9-7-13)24-14(2)19(23)20-16-5-3-4-15(10-16)11-25-12-18(21)22/h3-10,14H,11-12H2,1-2H3,(H,20,23)(H,21,22). The Morgan fingerprint density at radius 3 is 2.60 bits per heavy atom. The van der Waals surface area contributed by atoms with Gasteiger partial charge in [-0.15, -0.1) is 11.8 Å². The van der Waals surface area contributed by atoms with E-state index in [4.69, 9.17) is 9.84 Å². The van der Waals surface area contributed by atoms with Crippen molar-refractivity contribution in [2.75, 3.05) is 11.1 Å². The van der Waals surface area contributed by atoms with Gasteiger partial charge in [-0.2, -0.15) is 0 Å². The molecule has 0 saturated carbocycles. The number of hydrogen-bond donors (Lipinski definition) is 2. The van der Waals surface area contributed by atoms with Crippen molar-refractivity contribution in [2.24, 2.45) is 0 Å². The molecule has 0 aliphatic carbocycles. The number of aliphatic carboxylic acids is 1. The maximum absolute atomic E-state index is 12.3. The molecular formula is C19H21NO4S. The number of rotatable bonds is 8. The molecule has 25 heavy (non-hydrogen) atoms. The van der Waals surface area contributed by atoms with Gasteiger partial charge in [0.2, 0.25) is 0 Å². The Kier molecular flexibility index (Phi) is 6.89. The zero-order valence-electron chi connectivity index (χ0n) is 14.2. The zero-order valence-corrected chi connectivity index (χ0v) is 15.0. The van der Waals surface area contributed by atoms with Crippen LogP contribution in [0.3, 0.4) is 0 Å². The van der Waals surface area contributed by atoms with Crippen LogP contribution in [0.1, 0.15) is 18.1 Å². The summed E-state index contributed by atoms with van der Waals surface area (Å²) in [6.07, 6.45) is -0.632. The van der Waals surface area contributed by atoms with Gasteiger partial charge < -0.3 is 15.2 Å². The minimum atomic E-state index is -0.837. The monoisotopic (exact) mass is 359 g/mol. The van der Waals surface area contributed by atoms with E-state index in [2.05, 4.69) is 5.32 Å². The molecule has 1 atom stereocenters. The van der Waals surface area contributed by atoms with E-state index < -0.39 is 12.1 Å². The molecule has 0 heterocycles. The lowest BCUT2D eigenvalue weighted by molar-refractivity contribution is -0.133. The van der Waals surface area contributed by atoms with Crippen LogP contribution < -0.4 is 10.1 Å². The van der Waals surface area contributed by atoms with E-state index in [1.807, 2.05) is 49.4 Å². The van der Waals surface area contributed by atoms with Crippen molar-refractivity contribution in [1.29, 1.82) is 0 Å². The molecule has 5 nitrogen and oxygen atoms in total. The molecular weight excluding hydrogens is 338 g/mol. The van der Waals surface area contributed by atoms with E-state index in [0.29, 0.717) is 17.2 Å². The van der Waals surface area contributed by atoms with Crippen LogP contribution in [0.2, 0.25) is 0 Å². The summed E-state index contributed by atoms with van der Waals surface area (Å²) in [4.78, 5) is 22.8. The Hall–Kier alpha value is -2.47. The van der Waals surface area contributed by atoms with E-state index in [-0.39, 0.29) is 11.7 Å². The summed E-state index contributed by atoms with van der Waals surface area (Å²) in [5, 5.41) is 11.5. The van der Waals surface area contributed by atoms with Crippen LogP contribution in [0, 0.1) is 6.92 Å². The molecule has 2 rings (SSSR count). The number of ether oxygens (including phenoxy) is 1. The third kappa shape index (κ3) is 6.51. The maximum Gasteiger partial charge on any atom is 0.313 e. The molecule has 0 aromatic heterocycles. The number of hydrogen-bond acceptors (Lipinski definition) is 4. The average molecular weight is 359 g/mol. The number of carboxylic acid groups (broad SMARTS) is 1. The average Bonchev–Trinajstić information content (AvgIpc) is 2.57. The predicted octanol–water partition coefficient (Wildman–Crippen LogP) is 3.72. The van der Waals surface area contributed by atoms with Gasteiger partial charge in [-0.1, -0.05) is 29.8 Å². The molecule has 0 fully saturated rings. The van der Waals surface area contributed by atoms with Crippen LogP contribution in [0.15, 0.2) is 48.5 Å². The highest BCUT2D eigenvalue weighted by atomic mass is 32.2. The molecule has 0 aliphatic heterocycles. The second-order valence-electron chi connectivity index (χ2n) is 5.65. The summed E-state index contributed by atoms with van der Waals surface area (Å²) in [6, 6.07) is 14.9. The van der Waals surface area contributed by atoms with Crippen LogP contribution >= 0.6 is 11.8 Å². The number of carbonyl (C=O) groups excluding carboxylic acids is 1. The Morgan fingerprint density at radius 2 is 1.92 bits per heavy atom. The smallest absolute Gasteiger partial charge is 0.313 e. The fourth-order valence-corrected chi connectivity index (χ4v) is 2.81. The van der Waals surface area contributed by atoms with Crippen molar-refractivity contribution in [2.45, 2.75) is 25.7 Å². The number of anilines is 1. The molecule has 0 aliphatic rings. The summed E-state index contributed by atoms with van der Waals surface area (Å²) in [7, 11) is 0. The normalized spacial score (nSPS) is 11.6. The van der Waals surface area contributed by atoms with Crippen molar-refractivity contribution in [1.82, 2.24) is 0 Å². The molecule has 0 saturated heterocycles. The van der Waals surface area contributed by atoms with Crippen molar-refractivity contribution in [3.63, 3.8) is 0 Å². The maximum atomic E-state index is 12.3. The second-order valence-corrected chi connectivity index (χ2v) is 6.63. The highest BCUT2D eigenvalue weighted by Gasteiger charge is 2.15. The highest BCUT2D eigenvalue weighted by molar-refractivity contribution is 7.99. The number of amides is 1. The largest absolute Gasteiger partial charge is 0.481 e. The van der Waals surface area contributed by atoms with Crippen molar-refractivity contribution < 1.29 is 19.4 Å². The van der Waals surface area contributed by atoms with E-state index in [0.717, 1.165) is 11.1 Å². The predicted molar refractivity (Wildman–Crippen MR) is 100 cm³/mol. The number of carboxylic acids is 1. The van der Waals surface area contributed by atoms with Crippen molar-refractivity contribution in [3.05, 3.63) is 59.7 Å². The number of nitrogens with one attached hydrogen (secondary N) is 1. The van der Waals surface area contributed by atoms with Gasteiger partial charge >= 0.3 is 5.97 Å². The molecule has 0 spiro atoms. The minimum Gasteiger partial charge on any atom is -0.481 e. The highest BCUT2D eigenvalue weighted by Crippen LogP contribution is 2.18. The van der Waals surface area contributed by atoms with E-state index >= 15 is 0 Å². The summed E-state index contributed by atoms with van der Waals surface area (Å²) >= 11 is 1.31. The first-order valence-corrected chi connectivity index (χ1v) is 9.02. The van der Waals surface area contributed by atoms with Gasteiger partial charge in [0.15, 0.2) is 6.10 Å². The SMILES string of the molecule is Cc1ccc(OC(C)C(=O)Nc2cccc(CSCC(=O)O)c2)cc1. The van der Waals surface area contributed by atoms with Gasteiger partial charge in [0, 0.05) is 11.4 Å². The lowest BCUT2D eigenvalue weighted by Crippen LogP contribution is -2.30. The van der Waals surface area contributed by atoms with Gasteiger partial charge in [0.05, 0.1) is 5.75 Å². The molecule has 2 N–H and O–H groups in total. The van der Waals surface area contributed by atoms with E-state index in [9.17, 15) is 9.59 Å². The van der Waals surface area contributed by atoms with Crippen LogP contribution in [0.4, 0.5) is 5.69 Å². The quantitative estimate of drug-likeness (QED) is 0.751. The fraction of sp³-hybridized carbons (Fsp3) is 0.263. The summed E-state index contributed by atoms with van der Waals surface area (Å²) in [5.74, 6) is 0.197. The van der Waals surface area contributed by atoms with Gasteiger partial charge in [0.25, 0.3) is 5.91 Å². The molecule has 0 radical (unpaired) electrons. The third-order valence-electron chi connectivity index (χ3n) is 3.39. The third-order valence-corrected chi connectivity index (χ3v) is 4.38. The first-order chi connectivity index (χ1) is 11.9. The molecule has 1 unspecified atom stereocenters. The Balaban J connectivity index is 1.90. The van der Waals surface area contributed by atoms with E-state index in [1.165, 1.54) is 11.8 Å². The molecule has 2 aromatic carbocycles. The first kappa shape index (κ1) is 18.9. The summed E-state index contributed by atoms with van der Waals surface area (Å²) < 4.78 is 5.64. The lowest BCUT2D eigenvalue weighted by Gasteiger charge is -2.15. The zero-order chi connectivity index (χ0) is 18.2. The summed E-state index contributed by atoms with van der Waals surface area (Å²) in [5.41, 5.74) is 2.75. The first-order valence-electron chi connectivity index (χ1n) is 7.86. The van der Waals surface area contributed by atoms with Crippen molar-refractivity contribution >= 4 is 29.3 Å². The van der Waals surface area contributed by atoms with Gasteiger partial charge in [-0.3, -0.25) is 9.59 Å². The number of benzene rings is 2. The van der Waals surface area contributed by atoms with Crippen LogP contribution in [-0.4, -0.2) is 28.8 Å². The summed E-state index contributed by atoms with van der Waals surface area (Å²) in [6.45, 7) is 3.68. The van der Waals surface area contributed by atoms with Crippen LogP contribution in [0.25, 0.3) is 0 Å². The number of thioether (sulfide) groups is 1. The molecule has 132 valence electrons. The minimum absolute atomic E-state index is 0.0536. The van der Waals surface area contributed by atoms with Gasteiger partial charge in [-0.25, -0.2) is 0 Å². The Labute approximate surface area is 151 Å². The topological polar surface area (TPSA) is 75.6 Å². The molecule has 0 bridgehead atoms. The fourth-order valence-electron chi connectivity index (χ4n) is 2.11. The Bertz CT molecular complexity index is 730. The van der Waals surface area contributed by atoms with E-state index in [1.54, 1.807) is 13.0 Å². The van der Waals surface area contributed by atoms with Gasteiger partial charge in [0.1, 0.15) is 5.75 Å². The van der Waals surface area contributed by atoms with Crippen LogP contribution in [-0.2, 0) is 15.3 Å². The van der Waals surface area contributed by atoms with Gasteiger partial charge in [-0.05, 0) is 43.7 Å². The lowest BCUT2D eigenvalue weighted by atomic mass is 10.2. The Morgan fingerprint density at radius 1 is 1.20 bits per heavy atom. The second kappa shape index (κ2) is 9.13. The molecule has 6 heteroatoms. The number of carbonyl (C=O) groups is 2.